The van der Waals surface area contributed by atoms with Crippen LogP contribution in [0, 0.1) is 0 Å². The van der Waals surface area contributed by atoms with E-state index >= 15 is 0 Å². The molecule has 24 heavy (non-hydrogen) atoms. The molecule has 128 valence electrons. The van der Waals surface area contributed by atoms with E-state index in [2.05, 4.69) is 5.32 Å². The van der Waals surface area contributed by atoms with Gasteiger partial charge in [0.15, 0.2) is 0 Å². The summed E-state index contributed by atoms with van der Waals surface area (Å²) in [6, 6.07) is 15.0. The third-order valence-corrected chi connectivity index (χ3v) is 3.38. The molecule has 2 rings (SSSR count). The Hall–Kier alpha value is -2.69. The van der Waals surface area contributed by atoms with Gasteiger partial charge in [0.05, 0.1) is 26.7 Å². The van der Waals surface area contributed by atoms with Gasteiger partial charge in [0, 0.05) is 6.54 Å². The highest BCUT2D eigenvalue weighted by Crippen LogP contribution is 2.17. The van der Waals surface area contributed by atoms with Crippen LogP contribution in [-0.4, -0.2) is 26.2 Å². The Morgan fingerprint density at radius 1 is 0.917 bits per heavy atom. The van der Waals surface area contributed by atoms with E-state index in [1.807, 2.05) is 55.5 Å². The summed E-state index contributed by atoms with van der Waals surface area (Å²) in [5, 5.41) is 2.87. The molecule has 1 amide bonds. The molecule has 0 saturated carbocycles. The van der Waals surface area contributed by atoms with Gasteiger partial charge in [-0.05, 0) is 48.9 Å². The van der Waals surface area contributed by atoms with Crippen LogP contribution in [-0.2, 0) is 11.3 Å². The molecule has 0 fully saturated rings. The van der Waals surface area contributed by atoms with Crippen molar-refractivity contribution >= 4 is 5.91 Å². The molecule has 0 heterocycles. The van der Waals surface area contributed by atoms with Crippen LogP contribution in [0.3, 0.4) is 0 Å². The first kappa shape index (κ1) is 17.7. The summed E-state index contributed by atoms with van der Waals surface area (Å²) in [5.41, 5.74) is 1.02. The Morgan fingerprint density at radius 2 is 1.50 bits per heavy atom. The van der Waals surface area contributed by atoms with E-state index in [4.69, 9.17) is 14.2 Å². The zero-order valence-electron chi connectivity index (χ0n) is 14.1. The first-order valence-electron chi connectivity index (χ1n) is 7.96. The summed E-state index contributed by atoms with van der Waals surface area (Å²) < 4.78 is 16.0. The van der Waals surface area contributed by atoms with E-state index in [0.29, 0.717) is 26.2 Å². The van der Waals surface area contributed by atoms with Crippen molar-refractivity contribution in [2.75, 3.05) is 20.3 Å². The Kier molecular flexibility index (Phi) is 6.95. The highest BCUT2D eigenvalue weighted by Gasteiger charge is 2.03. The second-order valence-corrected chi connectivity index (χ2v) is 5.13. The van der Waals surface area contributed by atoms with Crippen molar-refractivity contribution in [1.29, 1.82) is 0 Å². The Morgan fingerprint density at radius 3 is 2.08 bits per heavy atom. The number of methoxy groups -OCH3 is 1. The molecule has 5 nitrogen and oxygen atoms in total. The molecule has 0 radical (unpaired) electrons. The third kappa shape index (κ3) is 5.83. The minimum Gasteiger partial charge on any atom is -0.497 e. The molecular formula is C19H23NO4. The number of hydrogen-bond acceptors (Lipinski definition) is 4. The first-order valence-corrected chi connectivity index (χ1v) is 7.96. The molecule has 0 atom stereocenters. The molecule has 5 heteroatoms. The van der Waals surface area contributed by atoms with Crippen LogP contribution in [0.25, 0.3) is 0 Å². The zero-order valence-corrected chi connectivity index (χ0v) is 14.1. The zero-order chi connectivity index (χ0) is 17.2. The minimum atomic E-state index is -0.0447. The number of ether oxygens (including phenoxy) is 3. The lowest BCUT2D eigenvalue weighted by molar-refractivity contribution is -0.121. The molecule has 1 N–H and O–H groups in total. The lowest BCUT2D eigenvalue weighted by Gasteiger charge is -2.09. The van der Waals surface area contributed by atoms with Crippen LogP contribution >= 0.6 is 0 Å². The van der Waals surface area contributed by atoms with Gasteiger partial charge in [0.2, 0.25) is 5.91 Å². The maximum atomic E-state index is 11.8. The van der Waals surface area contributed by atoms with Crippen molar-refractivity contribution < 1.29 is 19.0 Å². The van der Waals surface area contributed by atoms with Gasteiger partial charge in [-0.2, -0.15) is 0 Å². The van der Waals surface area contributed by atoms with Gasteiger partial charge < -0.3 is 19.5 Å². The highest BCUT2D eigenvalue weighted by atomic mass is 16.5. The average Bonchev–Trinajstić information content (AvgIpc) is 2.62. The lowest BCUT2D eigenvalue weighted by Crippen LogP contribution is -2.24. The van der Waals surface area contributed by atoms with Gasteiger partial charge in [-0.3, -0.25) is 4.79 Å². The van der Waals surface area contributed by atoms with E-state index in [9.17, 15) is 4.79 Å². The van der Waals surface area contributed by atoms with Gasteiger partial charge in [0.25, 0.3) is 0 Å². The normalized spacial score (nSPS) is 10.1. The average molecular weight is 329 g/mol. The largest absolute Gasteiger partial charge is 0.497 e. The maximum Gasteiger partial charge on any atom is 0.223 e. The van der Waals surface area contributed by atoms with Crippen molar-refractivity contribution in [1.82, 2.24) is 5.32 Å². The van der Waals surface area contributed by atoms with Crippen LogP contribution in [0.4, 0.5) is 0 Å². The topological polar surface area (TPSA) is 56.8 Å². The predicted octanol–water partition coefficient (Wildman–Crippen LogP) is 3.18. The van der Waals surface area contributed by atoms with E-state index in [1.165, 1.54) is 0 Å². The molecule has 0 unspecified atom stereocenters. The van der Waals surface area contributed by atoms with E-state index in [-0.39, 0.29) is 5.91 Å². The molecule has 2 aromatic rings. The number of rotatable bonds is 9. The Balaban J connectivity index is 1.67. The Bertz CT molecular complexity index is 623. The number of amides is 1. The van der Waals surface area contributed by atoms with Gasteiger partial charge in [-0.1, -0.05) is 12.1 Å². The van der Waals surface area contributed by atoms with E-state index in [1.54, 1.807) is 7.11 Å². The van der Waals surface area contributed by atoms with Crippen molar-refractivity contribution in [2.45, 2.75) is 19.9 Å². The van der Waals surface area contributed by atoms with Gasteiger partial charge >= 0.3 is 0 Å². The summed E-state index contributed by atoms with van der Waals surface area (Å²) in [6.45, 7) is 3.40. The molecule has 0 aliphatic heterocycles. The molecule has 2 aromatic carbocycles. The number of nitrogens with one attached hydrogen (secondary N) is 1. The van der Waals surface area contributed by atoms with Crippen molar-refractivity contribution in [2.24, 2.45) is 0 Å². The fraction of sp³-hybridized carbons (Fsp3) is 0.316. The monoisotopic (exact) mass is 329 g/mol. The number of hydrogen-bond donors (Lipinski definition) is 1. The summed E-state index contributed by atoms with van der Waals surface area (Å²) >= 11 is 0. The van der Waals surface area contributed by atoms with Crippen LogP contribution in [0.2, 0.25) is 0 Å². The SMILES string of the molecule is CCOc1ccc(OCCC(=O)NCc2ccc(OC)cc2)cc1. The van der Waals surface area contributed by atoms with Crippen molar-refractivity contribution in [3.63, 3.8) is 0 Å². The van der Waals surface area contributed by atoms with Crippen LogP contribution in [0.15, 0.2) is 48.5 Å². The smallest absolute Gasteiger partial charge is 0.223 e. The summed E-state index contributed by atoms with van der Waals surface area (Å²) in [4.78, 5) is 11.8. The van der Waals surface area contributed by atoms with Gasteiger partial charge in [0.1, 0.15) is 17.2 Å². The molecule has 0 aliphatic rings. The minimum absolute atomic E-state index is 0.0447. The summed E-state index contributed by atoms with van der Waals surface area (Å²) in [6.07, 6.45) is 0.309. The van der Waals surface area contributed by atoms with Crippen LogP contribution in [0.5, 0.6) is 17.2 Å². The fourth-order valence-electron chi connectivity index (χ4n) is 2.09. The second kappa shape index (κ2) is 9.45. The first-order chi connectivity index (χ1) is 11.7. The quantitative estimate of drug-likeness (QED) is 0.768. The molecule has 0 aromatic heterocycles. The molecule has 0 bridgehead atoms. The number of carbonyl (C=O) groups is 1. The van der Waals surface area contributed by atoms with Crippen LogP contribution < -0.4 is 19.5 Å². The lowest BCUT2D eigenvalue weighted by atomic mass is 10.2. The summed E-state index contributed by atoms with van der Waals surface area (Å²) in [7, 11) is 1.63. The molecule has 0 aliphatic carbocycles. The molecular weight excluding hydrogens is 306 g/mol. The third-order valence-electron chi connectivity index (χ3n) is 3.38. The fourth-order valence-corrected chi connectivity index (χ4v) is 2.09. The standard InChI is InChI=1S/C19H23NO4/c1-3-23-17-8-10-18(11-9-17)24-13-12-19(21)20-14-15-4-6-16(22-2)7-5-15/h4-11H,3,12-14H2,1-2H3,(H,20,21). The van der Waals surface area contributed by atoms with Crippen molar-refractivity contribution in [3.05, 3.63) is 54.1 Å². The van der Waals surface area contributed by atoms with E-state index < -0.39 is 0 Å². The summed E-state index contributed by atoms with van der Waals surface area (Å²) in [5.74, 6) is 2.29. The van der Waals surface area contributed by atoms with E-state index in [0.717, 1.165) is 22.8 Å². The highest BCUT2D eigenvalue weighted by molar-refractivity contribution is 5.76. The maximum absolute atomic E-state index is 11.8. The second-order valence-electron chi connectivity index (χ2n) is 5.13. The van der Waals surface area contributed by atoms with Gasteiger partial charge in [-0.15, -0.1) is 0 Å². The van der Waals surface area contributed by atoms with Gasteiger partial charge in [-0.25, -0.2) is 0 Å². The van der Waals surface area contributed by atoms with Crippen LogP contribution in [0.1, 0.15) is 18.9 Å². The number of carbonyl (C=O) groups excluding carboxylic acids is 1. The molecule has 0 spiro atoms. The number of benzene rings is 2. The Labute approximate surface area is 142 Å². The van der Waals surface area contributed by atoms with Crippen molar-refractivity contribution in [3.8, 4) is 17.2 Å². The molecule has 0 saturated heterocycles. The predicted molar refractivity (Wildman–Crippen MR) is 92.6 cm³/mol.